The molecule has 1 aliphatic rings. The average Bonchev–Trinajstić information content (AvgIpc) is 2.31. The topological polar surface area (TPSA) is 0 Å². The highest BCUT2D eigenvalue weighted by Crippen LogP contribution is 2.33. The van der Waals surface area contributed by atoms with Crippen LogP contribution < -0.4 is 5.19 Å². The molecule has 1 atom stereocenters. The van der Waals surface area contributed by atoms with E-state index in [0.29, 0.717) is 6.42 Å². The van der Waals surface area contributed by atoms with Gasteiger partial charge in [-0.25, -0.2) is 0 Å². The van der Waals surface area contributed by atoms with Crippen LogP contribution in [0.3, 0.4) is 0 Å². The first-order valence-electron chi connectivity index (χ1n) is 5.31. The van der Waals surface area contributed by atoms with E-state index in [1.807, 2.05) is 6.08 Å². The molecule has 2 rings (SSSR count). The molecular weight excluding hydrogens is 210 g/mol. The Morgan fingerprint density at radius 2 is 1.87 bits per heavy atom. The minimum atomic E-state index is -4.27. The van der Waals surface area contributed by atoms with Gasteiger partial charge in [-0.1, -0.05) is 42.5 Å². The molecular formula is C12H14F2Si. The molecule has 0 saturated carbocycles. The summed E-state index contributed by atoms with van der Waals surface area (Å²) in [6.07, 6.45) is 6.12. The molecule has 0 nitrogen and oxygen atoms in total. The lowest BCUT2D eigenvalue weighted by atomic mass is 10.1. The third kappa shape index (κ3) is 2.17. The summed E-state index contributed by atoms with van der Waals surface area (Å²) in [7, 11) is -4.27. The van der Waals surface area contributed by atoms with Crippen LogP contribution in [-0.4, -0.2) is 8.74 Å². The minimum absolute atomic E-state index is 0.265. The predicted molar refractivity (Wildman–Crippen MR) is 60.8 cm³/mol. The zero-order valence-electron chi connectivity index (χ0n) is 8.50. The lowest BCUT2D eigenvalue weighted by molar-refractivity contribution is 0.564. The molecule has 0 saturated heterocycles. The molecule has 80 valence electrons. The summed E-state index contributed by atoms with van der Waals surface area (Å²) in [4.78, 5) is 0. The number of hydrogen-bond donors (Lipinski definition) is 0. The Bertz CT molecular complexity index is 346. The zero-order valence-corrected chi connectivity index (χ0v) is 9.50. The van der Waals surface area contributed by atoms with Gasteiger partial charge in [-0.3, -0.25) is 8.22 Å². The fraction of sp³-hybridized carbons (Fsp3) is 0.333. The van der Waals surface area contributed by atoms with Gasteiger partial charge >= 0.3 is 8.74 Å². The first kappa shape index (κ1) is 10.6. The van der Waals surface area contributed by atoms with Gasteiger partial charge in [0.1, 0.15) is 0 Å². The fourth-order valence-corrected chi connectivity index (χ4v) is 4.00. The van der Waals surface area contributed by atoms with Crippen LogP contribution in [0.15, 0.2) is 42.5 Å². The molecule has 15 heavy (non-hydrogen) atoms. The van der Waals surface area contributed by atoms with Crippen molar-refractivity contribution in [2.75, 3.05) is 0 Å². The molecule has 1 aliphatic carbocycles. The van der Waals surface area contributed by atoms with Crippen molar-refractivity contribution < 1.29 is 8.22 Å². The second-order valence-electron chi connectivity index (χ2n) is 3.95. The first-order chi connectivity index (χ1) is 7.21. The summed E-state index contributed by atoms with van der Waals surface area (Å²) < 4.78 is 28.3. The average molecular weight is 224 g/mol. The van der Waals surface area contributed by atoms with E-state index in [-0.39, 0.29) is 5.19 Å². The Hall–Kier alpha value is -0.963. The van der Waals surface area contributed by atoms with E-state index in [1.165, 1.54) is 0 Å². The molecule has 1 aromatic carbocycles. The molecule has 1 unspecified atom stereocenters. The molecule has 0 N–H and O–H groups in total. The monoisotopic (exact) mass is 224 g/mol. The van der Waals surface area contributed by atoms with Gasteiger partial charge in [-0.15, -0.1) is 0 Å². The standard InChI is InChI=1S/C12H14F2Si/c13-15(14,11-7-3-1-4-8-11)12-9-5-2-6-10-12/h1,3-5,7-9,12H,2,6,10H2. The summed E-state index contributed by atoms with van der Waals surface area (Å²) in [5.41, 5.74) is -0.492. The lowest BCUT2D eigenvalue weighted by Gasteiger charge is -2.23. The quantitative estimate of drug-likeness (QED) is 0.410. The second kappa shape index (κ2) is 4.27. The van der Waals surface area contributed by atoms with Gasteiger partial charge in [0.05, 0.1) is 0 Å². The van der Waals surface area contributed by atoms with Crippen LogP contribution in [0.5, 0.6) is 0 Å². The molecule has 3 heteroatoms. The number of hydrogen-bond acceptors (Lipinski definition) is 0. The van der Waals surface area contributed by atoms with Crippen LogP contribution in [0.4, 0.5) is 8.22 Å². The van der Waals surface area contributed by atoms with Crippen LogP contribution in [0.1, 0.15) is 19.3 Å². The van der Waals surface area contributed by atoms with Crippen LogP contribution in [0, 0.1) is 0 Å². The molecule has 0 bridgehead atoms. The van der Waals surface area contributed by atoms with E-state index >= 15 is 0 Å². The summed E-state index contributed by atoms with van der Waals surface area (Å²) in [6.45, 7) is 0. The summed E-state index contributed by atoms with van der Waals surface area (Å²) in [5.74, 6) is 0. The fourth-order valence-electron chi connectivity index (χ4n) is 1.99. The van der Waals surface area contributed by atoms with Gasteiger partial charge in [-0.2, -0.15) is 0 Å². The van der Waals surface area contributed by atoms with Crippen molar-refractivity contribution in [3.8, 4) is 0 Å². The van der Waals surface area contributed by atoms with Crippen LogP contribution in [0.25, 0.3) is 0 Å². The van der Waals surface area contributed by atoms with E-state index in [4.69, 9.17) is 0 Å². The van der Waals surface area contributed by atoms with Crippen LogP contribution in [0.2, 0.25) is 5.54 Å². The van der Waals surface area contributed by atoms with Crippen molar-refractivity contribution in [2.24, 2.45) is 0 Å². The number of allylic oxidation sites excluding steroid dienone is 2. The maximum absolute atomic E-state index is 14.1. The Labute approximate surface area is 90.0 Å². The third-order valence-corrected chi connectivity index (χ3v) is 5.39. The minimum Gasteiger partial charge on any atom is -0.264 e. The Morgan fingerprint density at radius 1 is 1.13 bits per heavy atom. The van der Waals surface area contributed by atoms with E-state index in [9.17, 15) is 8.22 Å². The number of rotatable bonds is 2. The van der Waals surface area contributed by atoms with E-state index in [1.54, 1.807) is 36.4 Å². The highest BCUT2D eigenvalue weighted by molar-refractivity contribution is 6.81. The van der Waals surface area contributed by atoms with Crippen LogP contribution >= 0.6 is 0 Å². The normalized spacial score (nSPS) is 21.6. The number of benzene rings is 1. The zero-order chi connectivity index (χ0) is 10.7. The van der Waals surface area contributed by atoms with Crippen molar-refractivity contribution in [1.29, 1.82) is 0 Å². The molecule has 0 aliphatic heterocycles. The van der Waals surface area contributed by atoms with Crippen molar-refractivity contribution in [1.82, 2.24) is 0 Å². The predicted octanol–water partition coefficient (Wildman–Crippen LogP) is 3.39. The van der Waals surface area contributed by atoms with Crippen molar-refractivity contribution in [3.05, 3.63) is 42.5 Å². The van der Waals surface area contributed by atoms with Crippen molar-refractivity contribution in [3.63, 3.8) is 0 Å². The van der Waals surface area contributed by atoms with Gasteiger partial charge in [0.2, 0.25) is 0 Å². The maximum Gasteiger partial charge on any atom is 0.462 e. The van der Waals surface area contributed by atoms with Gasteiger partial charge in [0, 0.05) is 10.7 Å². The summed E-state index contributed by atoms with van der Waals surface area (Å²) in [6, 6.07) is 8.31. The third-order valence-electron chi connectivity index (χ3n) is 2.88. The van der Waals surface area contributed by atoms with Gasteiger partial charge in [0.25, 0.3) is 0 Å². The van der Waals surface area contributed by atoms with E-state index < -0.39 is 14.3 Å². The SMILES string of the molecule is F[Si](F)(c1ccccc1)C1C=CCCC1. The Morgan fingerprint density at radius 3 is 2.47 bits per heavy atom. The number of halogens is 2. The second-order valence-corrected chi connectivity index (χ2v) is 6.52. The molecule has 0 fully saturated rings. The first-order valence-corrected chi connectivity index (χ1v) is 7.14. The van der Waals surface area contributed by atoms with Gasteiger partial charge < -0.3 is 0 Å². The van der Waals surface area contributed by atoms with E-state index in [0.717, 1.165) is 12.8 Å². The largest absolute Gasteiger partial charge is 0.462 e. The van der Waals surface area contributed by atoms with E-state index in [2.05, 4.69) is 0 Å². The highest BCUT2D eigenvalue weighted by Gasteiger charge is 2.45. The molecule has 0 amide bonds. The highest BCUT2D eigenvalue weighted by atomic mass is 28.4. The molecule has 1 aromatic rings. The molecule has 0 heterocycles. The summed E-state index contributed by atoms with van der Waals surface area (Å²) in [5, 5.41) is 0.265. The van der Waals surface area contributed by atoms with Gasteiger partial charge in [0.15, 0.2) is 0 Å². The van der Waals surface area contributed by atoms with Gasteiger partial charge in [-0.05, 0) is 19.3 Å². The Balaban J connectivity index is 2.26. The maximum atomic E-state index is 14.1. The van der Waals surface area contributed by atoms with Crippen molar-refractivity contribution >= 4 is 13.9 Å². The molecule has 0 radical (unpaired) electrons. The summed E-state index contributed by atoms with van der Waals surface area (Å²) >= 11 is 0. The van der Waals surface area contributed by atoms with Crippen molar-refractivity contribution in [2.45, 2.75) is 24.8 Å². The Kier molecular flexibility index (Phi) is 3.00. The molecule has 0 spiro atoms. The molecule has 0 aromatic heterocycles. The lowest BCUT2D eigenvalue weighted by Crippen LogP contribution is -2.43. The van der Waals surface area contributed by atoms with Crippen LogP contribution in [-0.2, 0) is 0 Å². The smallest absolute Gasteiger partial charge is 0.264 e.